The molecule has 0 atom stereocenters. The van der Waals surface area contributed by atoms with E-state index >= 15 is 0 Å². The molecule has 0 amide bonds. The summed E-state index contributed by atoms with van der Waals surface area (Å²) in [6.45, 7) is 0. The fourth-order valence-electron chi connectivity index (χ4n) is 1.50. The molecule has 4 nitrogen and oxygen atoms in total. The number of esters is 1. The van der Waals surface area contributed by atoms with Crippen LogP contribution in [0.5, 0.6) is 5.75 Å². The number of benzene rings is 2. The fourth-order valence-corrected chi connectivity index (χ4v) is 1.80. The van der Waals surface area contributed by atoms with E-state index in [2.05, 4.69) is 0 Å². The van der Waals surface area contributed by atoms with Crippen molar-refractivity contribution in [1.82, 2.24) is 0 Å². The number of hydrogen-bond acceptors (Lipinski definition) is 3. The van der Waals surface area contributed by atoms with Crippen LogP contribution in [0.4, 0.5) is 0 Å². The largest absolute Gasteiger partial charge is 0.478 e. The van der Waals surface area contributed by atoms with Crippen LogP contribution in [0.2, 0.25) is 10.0 Å². The Bertz CT molecular complexity index is 665. The highest BCUT2D eigenvalue weighted by Gasteiger charge is 2.16. The van der Waals surface area contributed by atoms with Gasteiger partial charge in [-0.3, -0.25) is 0 Å². The first-order chi connectivity index (χ1) is 9.47. The Kier molecular flexibility index (Phi) is 4.27. The highest BCUT2D eigenvalue weighted by atomic mass is 35.5. The van der Waals surface area contributed by atoms with Crippen molar-refractivity contribution in [3.05, 3.63) is 63.6 Å². The summed E-state index contributed by atoms with van der Waals surface area (Å²) < 4.78 is 5.07. The van der Waals surface area contributed by atoms with Crippen molar-refractivity contribution in [1.29, 1.82) is 0 Å². The summed E-state index contributed by atoms with van der Waals surface area (Å²) in [5.41, 5.74) is 0.0838. The minimum absolute atomic E-state index is 0.0677. The molecule has 6 heteroatoms. The molecule has 1 N–H and O–H groups in total. The van der Waals surface area contributed by atoms with Gasteiger partial charge in [0.05, 0.1) is 5.56 Å². The second-order valence-electron chi connectivity index (χ2n) is 3.84. The Morgan fingerprint density at radius 2 is 1.55 bits per heavy atom. The van der Waals surface area contributed by atoms with Gasteiger partial charge in [0.15, 0.2) is 0 Å². The molecule has 20 heavy (non-hydrogen) atoms. The van der Waals surface area contributed by atoms with Gasteiger partial charge in [-0.1, -0.05) is 23.2 Å². The predicted molar refractivity (Wildman–Crippen MR) is 74.8 cm³/mol. The van der Waals surface area contributed by atoms with E-state index in [4.69, 9.17) is 33.0 Å². The normalized spacial score (nSPS) is 10.1. The molecular weight excluding hydrogens is 303 g/mol. The minimum Gasteiger partial charge on any atom is -0.478 e. The summed E-state index contributed by atoms with van der Waals surface area (Å²) in [7, 11) is 0. The maximum absolute atomic E-state index is 11.9. The first kappa shape index (κ1) is 14.4. The van der Waals surface area contributed by atoms with E-state index in [-0.39, 0.29) is 21.9 Å². The fraction of sp³-hybridized carbons (Fsp3) is 0. The van der Waals surface area contributed by atoms with Gasteiger partial charge in [-0.25, -0.2) is 9.59 Å². The lowest BCUT2D eigenvalue weighted by atomic mass is 10.2. The Hall–Kier alpha value is -2.04. The van der Waals surface area contributed by atoms with Gasteiger partial charge in [-0.15, -0.1) is 0 Å². The number of rotatable bonds is 3. The topological polar surface area (TPSA) is 63.6 Å². The third kappa shape index (κ3) is 3.29. The van der Waals surface area contributed by atoms with Crippen LogP contribution in [-0.2, 0) is 0 Å². The molecule has 0 bridgehead atoms. The van der Waals surface area contributed by atoms with Gasteiger partial charge in [-0.2, -0.15) is 0 Å². The van der Waals surface area contributed by atoms with Crippen LogP contribution >= 0.6 is 23.2 Å². The molecule has 0 spiro atoms. The third-order valence-corrected chi connectivity index (χ3v) is 2.94. The van der Waals surface area contributed by atoms with E-state index in [0.29, 0.717) is 5.02 Å². The monoisotopic (exact) mass is 310 g/mol. The average Bonchev–Trinajstić information content (AvgIpc) is 2.41. The third-order valence-electron chi connectivity index (χ3n) is 2.45. The lowest BCUT2D eigenvalue weighted by Crippen LogP contribution is -2.11. The highest BCUT2D eigenvalue weighted by Crippen LogP contribution is 2.24. The molecule has 0 heterocycles. The van der Waals surface area contributed by atoms with Gasteiger partial charge < -0.3 is 9.84 Å². The molecule has 2 aromatic carbocycles. The molecule has 0 saturated carbocycles. The molecule has 0 aliphatic rings. The summed E-state index contributed by atoms with van der Waals surface area (Å²) >= 11 is 11.4. The van der Waals surface area contributed by atoms with Gasteiger partial charge in [0.1, 0.15) is 11.3 Å². The van der Waals surface area contributed by atoms with Crippen molar-refractivity contribution in [2.24, 2.45) is 0 Å². The van der Waals surface area contributed by atoms with Crippen LogP contribution in [0.25, 0.3) is 0 Å². The molecule has 0 aromatic heterocycles. The lowest BCUT2D eigenvalue weighted by molar-refractivity contribution is 0.0681. The predicted octanol–water partition coefficient (Wildman–Crippen LogP) is 3.91. The smallest absolute Gasteiger partial charge is 0.343 e. The summed E-state index contributed by atoms with van der Waals surface area (Å²) in [4.78, 5) is 23.0. The molecule has 102 valence electrons. The zero-order chi connectivity index (χ0) is 14.7. The second-order valence-corrected chi connectivity index (χ2v) is 4.71. The van der Waals surface area contributed by atoms with Crippen LogP contribution in [0.1, 0.15) is 20.7 Å². The van der Waals surface area contributed by atoms with Crippen molar-refractivity contribution < 1.29 is 19.4 Å². The van der Waals surface area contributed by atoms with E-state index in [9.17, 15) is 9.59 Å². The van der Waals surface area contributed by atoms with Gasteiger partial charge in [-0.05, 0) is 42.5 Å². The molecule has 0 saturated heterocycles. The SMILES string of the molecule is O=C(Oc1ccc(Cl)cc1C(=O)O)c1ccc(Cl)cc1. The molecule has 0 radical (unpaired) electrons. The van der Waals surface area contributed by atoms with Crippen molar-refractivity contribution in [2.45, 2.75) is 0 Å². The van der Waals surface area contributed by atoms with Gasteiger partial charge in [0.2, 0.25) is 0 Å². The molecule has 2 rings (SSSR count). The Balaban J connectivity index is 2.28. The van der Waals surface area contributed by atoms with Gasteiger partial charge >= 0.3 is 11.9 Å². The van der Waals surface area contributed by atoms with Crippen molar-refractivity contribution in [2.75, 3.05) is 0 Å². The molecule has 0 aliphatic carbocycles. The number of ether oxygens (including phenoxy) is 1. The first-order valence-corrected chi connectivity index (χ1v) is 6.23. The summed E-state index contributed by atoms with van der Waals surface area (Å²) in [6.07, 6.45) is 0. The Labute approximate surface area is 124 Å². The molecule has 0 aliphatic heterocycles. The zero-order valence-corrected chi connectivity index (χ0v) is 11.5. The lowest BCUT2D eigenvalue weighted by Gasteiger charge is -2.07. The highest BCUT2D eigenvalue weighted by molar-refractivity contribution is 6.31. The Morgan fingerprint density at radius 3 is 2.15 bits per heavy atom. The van der Waals surface area contributed by atoms with Gasteiger partial charge in [0.25, 0.3) is 0 Å². The maximum atomic E-state index is 11.9. The molecule has 2 aromatic rings. The number of carboxylic acids is 1. The van der Waals surface area contributed by atoms with Crippen LogP contribution in [-0.4, -0.2) is 17.0 Å². The van der Waals surface area contributed by atoms with Crippen molar-refractivity contribution >= 4 is 35.1 Å². The average molecular weight is 311 g/mol. The van der Waals surface area contributed by atoms with Crippen LogP contribution in [0.3, 0.4) is 0 Å². The number of aromatic carboxylic acids is 1. The first-order valence-electron chi connectivity index (χ1n) is 5.48. The minimum atomic E-state index is -1.23. The zero-order valence-electron chi connectivity index (χ0n) is 9.97. The van der Waals surface area contributed by atoms with Crippen LogP contribution in [0.15, 0.2) is 42.5 Å². The van der Waals surface area contributed by atoms with E-state index < -0.39 is 11.9 Å². The Morgan fingerprint density at radius 1 is 0.950 bits per heavy atom. The van der Waals surface area contributed by atoms with Crippen LogP contribution < -0.4 is 4.74 Å². The summed E-state index contributed by atoms with van der Waals surface area (Å²) in [6, 6.07) is 10.0. The van der Waals surface area contributed by atoms with E-state index in [1.807, 2.05) is 0 Å². The summed E-state index contributed by atoms with van der Waals surface area (Å²) in [5, 5.41) is 9.77. The molecular formula is C14H8Cl2O4. The van der Waals surface area contributed by atoms with Crippen molar-refractivity contribution in [3.8, 4) is 5.75 Å². The van der Waals surface area contributed by atoms with E-state index in [1.165, 1.54) is 42.5 Å². The standard InChI is InChI=1S/C14H8Cl2O4/c15-9-3-1-8(2-4-9)14(19)20-12-6-5-10(16)7-11(12)13(17)18/h1-7H,(H,17,18). The quantitative estimate of drug-likeness (QED) is 0.689. The van der Waals surface area contributed by atoms with Crippen LogP contribution in [0, 0.1) is 0 Å². The second kappa shape index (κ2) is 5.94. The number of carboxylic acid groups (broad SMARTS) is 1. The number of carbonyl (C=O) groups excluding carboxylic acids is 1. The molecule has 0 fully saturated rings. The number of halogens is 2. The summed E-state index contributed by atoms with van der Waals surface area (Å²) in [5.74, 6) is -1.97. The van der Waals surface area contributed by atoms with E-state index in [0.717, 1.165) is 0 Å². The number of carbonyl (C=O) groups is 2. The van der Waals surface area contributed by atoms with Crippen molar-refractivity contribution in [3.63, 3.8) is 0 Å². The van der Waals surface area contributed by atoms with Gasteiger partial charge in [0, 0.05) is 10.0 Å². The van der Waals surface area contributed by atoms with E-state index in [1.54, 1.807) is 0 Å². The molecule has 0 unspecified atom stereocenters. The maximum Gasteiger partial charge on any atom is 0.343 e. The number of hydrogen-bond donors (Lipinski definition) is 1.